The van der Waals surface area contributed by atoms with E-state index in [4.69, 9.17) is 0 Å². The molecule has 122 valence electrons. The molecule has 0 saturated carbocycles. The van der Waals surface area contributed by atoms with Crippen LogP contribution < -0.4 is 10.2 Å². The van der Waals surface area contributed by atoms with Gasteiger partial charge in [0.05, 0.1) is 11.9 Å². The summed E-state index contributed by atoms with van der Waals surface area (Å²) >= 11 is 0. The number of aromatic nitrogens is 1. The van der Waals surface area contributed by atoms with Crippen molar-refractivity contribution in [2.24, 2.45) is 0 Å². The minimum atomic E-state index is -0.176. The van der Waals surface area contributed by atoms with Crippen molar-refractivity contribution in [3.63, 3.8) is 0 Å². The zero-order valence-electron chi connectivity index (χ0n) is 14.4. The van der Waals surface area contributed by atoms with Gasteiger partial charge in [-0.15, -0.1) is 0 Å². The Morgan fingerprint density at radius 3 is 2.43 bits per heavy atom. The summed E-state index contributed by atoms with van der Waals surface area (Å²) < 4.78 is 0. The normalized spacial score (nSPS) is 10.4. The summed E-state index contributed by atoms with van der Waals surface area (Å²) in [6.07, 6.45) is 4.06. The summed E-state index contributed by atoms with van der Waals surface area (Å²) in [5, 5.41) is 2.96. The summed E-state index contributed by atoms with van der Waals surface area (Å²) in [6.45, 7) is 7.14. The van der Waals surface area contributed by atoms with Crippen molar-refractivity contribution in [3.8, 4) is 0 Å². The van der Waals surface area contributed by atoms with Gasteiger partial charge in [0.2, 0.25) is 0 Å². The second kappa shape index (κ2) is 7.77. The number of carbonyl (C=O) groups is 1. The van der Waals surface area contributed by atoms with Gasteiger partial charge in [-0.3, -0.25) is 4.79 Å². The molecule has 0 atom stereocenters. The predicted molar refractivity (Wildman–Crippen MR) is 96.3 cm³/mol. The minimum absolute atomic E-state index is 0.176. The second-order valence-corrected chi connectivity index (χ2v) is 5.90. The number of amides is 1. The average molecular weight is 311 g/mol. The van der Waals surface area contributed by atoms with E-state index in [-0.39, 0.29) is 5.91 Å². The molecule has 0 aliphatic rings. The molecule has 4 nitrogen and oxygen atoms in total. The lowest BCUT2D eigenvalue weighted by Crippen LogP contribution is -2.19. The predicted octanol–water partition coefficient (Wildman–Crippen LogP) is 4.19. The van der Waals surface area contributed by atoms with Gasteiger partial charge in [0.1, 0.15) is 5.69 Å². The number of aryl methyl sites for hydroxylation is 2. The summed E-state index contributed by atoms with van der Waals surface area (Å²) in [5.41, 5.74) is 4.43. The monoisotopic (exact) mass is 311 g/mol. The Labute approximate surface area is 138 Å². The highest BCUT2D eigenvalue weighted by molar-refractivity contribution is 6.03. The maximum Gasteiger partial charge on any atom is 0.274 e. The van der Waals surface area contributed by atoms with Gasteiger partial charge in [0, 0.05) is 19.3 Å². The Morgan fingerprint density at radius 2 is 1.87 bits per heavy atom. The maximum atomic E-state index is 12.4. The molecular weight excluding hydrogens is 286 g/mol. The van der Waals surface area contributed by atoms with E-state index in [1.165, 1.54) is 0 Å². The van der Waals surface area contributed by atoms with E-state index in [0.717, 1.165) is 41.9 Å². The third kappa shape index (κ3) is 4.31. The lowest BCUT2D eigenvalue weighted by molar-refractivity contribution is 0.102. The van der Waals surface area contributed by atoms with Gasteiger partial charge in [-0.05, 0) is 43.5 Å². The van der Waals surface area contributed by atoms with Crippen molar-refractivity contribution in [1.29, 1.82) is 0 Å². The summed E-state index contributed by atoms with van der Waals surface area (Å²) in [7, 11) is 2.04. The standard InChI is InChI=1S/C19H25N3O/c1-5-6-12-22(4)16-10-11-17(20-13-16)19(23)21-18-14(2)8-7-9-15(18)3/h7-11,13H,5-6,12H2,1-4H3,(H,21,23). The molecule has 1 amide bonds. The van der Waals surface area contributed by atoms with E-state index in [0.29, 0.717) is 5.69 Å². The lowest BCUT2D eigenvalue weighted by Gasteiger charge is -2.18. The molecular formula is C19H25N3O. The summed E-state index contributed by atoms with van der Waals surface area (Å²) in [5.74, 6) is -0.176. The van der Waals surface area contributed by atoms with Gasteiger partial charge < -0.3 is 10.2 Å². The smallest absolute Gasteiger partial charge is 0.274 e. The van der Waals surface area contributed by atoms with Crippen LogP contribution in [0.15, 0.2) is 36.5 Å². The fourth-order valence-electron chi connectivity index (χ4n) is 2.46. The Morgan fingerprint density at radius 1 is 1.17 bits per heavy atom. The highest BCUT2D eigenvalue weighted by atomic mass is 16.1. The largest absolute Gasteiger partial charge is 0.373 e. The fraction of sp³-hybridized carbons (Fsp3) is 0.368. The van der Waals surface area contributed by atoms with Crippen molar-refractivity contribution in [1.82, 2.24) is 4.98 Å². The molecule has 0 aliphatic carbocycles. The number of unbranched alkanes of at least 4 members (excludes halogenated alkanes) is 1. The van der Waals surface area contributed by atoms with Crippen molar-refractivity contribution in [3.05, 3.63) is 53.3 Å². The number of carbonyl (C=O) groups excluding carboxylic acids is 1. The SMILES string of the molecule is CCCCN(C)c1ccc(C(=O)Nc2c(C)cccc2C)nc1. The first-order chi connectivity index (χ1) is 11.0. The number of hydrogen-bond acceptors (Lipinski definition) is 3. The molecule has 0 fully saturated rings. The van der Waals surface area contributed by atoms with Gasteiger partial charge in [-0.2, -0.15) is 0 Å². The van der Waals surface area contributed by atoms with Crippen molar-refractivity contribution in [2.45, 2.75) is 33.6 Å². The summed E-state index contributed by atoms with van der Waals surface area (Å²) in [6, 6.07) is 9.69. The van der Waals surface area contributed by atoms with Gasteiger partial charge in [-0.25, -0.2) is 4.98 Å². The molecule has 4 heteroatoms. The quantitative estimate of drug-likeness (QED) is 0.870. The molecule has 1 aromatic carbocycles. The van der Waals surface area contributed by atoms with Crippen LogP contribution in [0.5, 0.6) is 0 Å². The first kappa shape index (κ1) is 17.0. The zero-order chi connectivity index (χ0) is 16.8. The van der Waals surface area contributed by atoms with E-state index in [9.17, 15) is 4.79 Å². The van der Waals surface area contributed by atoms with E-state index in [1.54, 1.807) is 12.3 Å². The Kier molecular flexibility index (Phi) is 5.74. The fourth-order valence-corrected chi connectivity index (χ4v) is 2.46. The van der Waals surface area contributed by atoms with E-state index < -0.39 is 0 Å². The van der Waals surface area contributed by atoms with Gasteiger partial charge in [0.25, 0.3) is 5.91 Å². The van der Waals surface area contributed by atoms with Crippen LogP contribution in [0.2, 0.25) is 0 Å². The van der Waals surface area contributed by atoms with Crippen LogP contribution in [-0.4, -0.2) is 24.5 Å². The highest BCUT2D eigenvalue weighted by Crippen LogP contribution is 2.20. The first-order valence-electron chi connectivity index (χ1n) is 8.07. The van der Waals surface area contributed by atoms with Crippen LogP contribution in [0, 0.1) is 13.8 Å². The Balaban J connectivity index is 2.08. The topological polar surface area (TPSA) is 45.2 Å². The highest BCUT2D eigenvalue weighted by Gasteiger charge is 2.11. The number of anilines is 2. The number of nitrogens with zero attached hydrogens (tertiary/aromatic N) is 2. The van der Waals surface area contributed by atoms with Crippen LogP contribution >= 0.6 is 0 Å². The van der Waals surface area contributed by atoms with Gasteiger partial charge in [0.15, 0.2) is 0 Å². The molecule has 0 bridgehead atoms. The van der Waals surface area contributed by atoms with Crippen LogP contribution in [0.4, 0.5) is 11.4 Å². The van der Waals surface area contributed by atoms with Crippen molar-refractivity contribution < 1.29 is 4.79 Å². The van der Waals surface area contributed by atoms with Crippen molar-refractivity contribution >= 4 is 17.3 Å². The number of pyridine rings is 1. The van der Waals surface area contributed by atoms with E-state index in [2.05, 4.69) is 22.1 Å². The van der Waals surface area contributed by atoms with E-state index in [1.807, 2.05) is 45.2 Å². The third-order valence-corrected chi connectivity index (χ3v) is 3.99. The molecule has 0 aliphatic heterocycles. The molecule has 2 rings (SSSR count). The number of rotatable bonds is 6. The average Bonchev–Trinajstić information content (AvgIpc) is 2.56. The summed E-state index contributed by atoms with van der Waals surface area (Å²) in [4.78, 5) is 18.9. The van der Waals surface area contributed by atoms with Crippen LogP contribution in [-0.2, 0) is 0 Å². The molecule has 0 unspecified atom stereocenters. The van der Waals surface area contributed by atoms with Gasteiger partial charge in [-0.1, -0.05) is 31.5 Å². The molecule has 1 heterocycles. The molecule has 1 N–H and O–H groups in total. The number of nitrogens with one attached hydrogen (secondary N) is 1. The molecule has 2 aromatic rings. The van der Waals surface area contributed by atoms with Crippen LogP contribution in [0.1, 0.15) is 41.4 Å². The first-order valence-corrected chi connectivity index (χ1v) is 8.07. The van der Waals surface area contributed by atoms with Crippen molar-refractivity contribution in [2.75, 3.05) is 23.8 Å². The molecule has 0 spiro atoms. The van der Waals surface area contributed by atoms with E-state index >= 15 is 0 Å². The van der Waals surface area contributed by atoms with Gasteiger partial charge >= 0.3 is 0 Å². The number of para-hydroxylation sites is 1. The number of benzene rings is 1. The zero-order valence-corrected chi connectivity index (χ0v) is 14.4. The Bertz CT molecular complexity index is 645. The lowest BCUT2D eigenvalue weighted by atomic mass is 10.1. The minimum Gasteiger partial charge on any atom is -0.373 e. The third-order valence-electron chi connectivity index (χ3n) is 3.99. The number of hydrogen-bond donors (Lipinski definition) is 1. The van der Waals surface area contributed by atoms with Crippen LogP contribution in [0.3, 0.4) is 0 Å². The molecule has 23 heavy (non-hydrogen) atoms. The molecule has 0 saturated heterocycles. The molecule has 0 radical (unpaired) electrons. The molecule has 1 aromatic heterocycles. The Hall–Kier alpha value is -2.36. The van der Waals surface area contributed by atoms with Crippen LogP contribution in [0.25, 0.3) is 0 Å². The maximum absolute atomic E-state index is 12.4. The second-order valence-electron chi connectivity index (χ2n) is 5.90.